The maximum Gasteiger partial charge on any atom is 0.0869 e. The van der Waals surface area contributed by atoms with Crippen molar-refractivity contribution in [1.82, 2.24) is 5.32 Å². The molecule has 0 radical (unpaired) electrons. The average molecular weight is 286 g/mol. The quantitative estimate of drug-likeness (QED) is 0.872. The Hall–Kier alpha value is -0.220. The summed E-state index contributed by atoms with van der Waals surface area (Å²) in [5, 5.41) is 14.4. The highest BCUT2D eigenvalue weighted by molar-refractivity contribution is 7.99. The van der Waals surface area contributed by atoms with E-state index in [0.29, 0.717) is 12.6 Å². The number of hydrogen-bond donors (Lipinski definition) is 2. The van der Waals surface area contributed by atoms with Crippen LogP contribution in [0.15, 0.2) is 24.3 Å². The molecule has 0 bridgehead atoms. The summed E-state index contributed by atoms with van der Waals surface area (Å²) in [6.45, 7) is 2.84. The van der Waals surface area contributed by atoms with Crippen molar-refractivity contribution < 1.29 is 5.11 Å². The van der Waals surface area contributed by atoms with Crippen LogP contribution in [0.4, 0.5) is 0 Å². The summed E-state index contributed by atoms with van der Waals surface area (Å²) in [6, 6.07) is 8.32. The summed E-state index contributed by atoms with van der Waals surface area (Å²) < 4.78 is 0. The second-order valence-corrected chi connectivity index (χ2v) is 6.68. The molecule has 18 heavy (non-hydrogen) atoms. The van der Waals surface area contributed by atoms with Crippen LogP contribution in [0.25, 0.3) is 0 Å². The first-order valence-electron chi connectivity index (χ1n) is 6.35. The predicted molar refractivity (Wildman–Crippen MR) is 79.5 cm³/mol. The maximum atomic E-state index is 10.2. The second kappa shape index (κ2) is 6.29. The Kier molecular flexibility index (Phi) is 4.96. The molecule has 0 amide bonds. The van der Waals surface area contributed by atoms with Gasteiger partial charge in [0, 0.05) is 23.4 Å². The lowest BCUT2D eigenvalue weighted by Gasteiger charge is -2.24. The molecule has 4 heteroatoms. The van der Waals surface area contributed by atoms with Gasteiger partial charge in [-0.15, -0.1) is 0 Å². The number of aliphatic hydroxyl groups is 1. The van der Waals surface area contributed by atoms with Crippen LogP contribution in [0.5, 0.6) is 0 Å². The van der Waals surface area contributed by atoms with Crippen LogP contribution in [0.2, 0.25) is 5.02 Å². The van der Waals surface area contributed by atoms with Gasteiger partial charge in [-0.3, -0.25) is 0 Å². The zero-order chi connectivity index (χ0) is 13.0. The van der Waals surface area contributed by atoms with Crippen LogP contribution in [0.1, 0.15) is 18.9 Å². The van der Waals surface area contributed by atoms with E-state index in [1.807, 2.05) is 23.9 Å². The minimum absolute atomic E-state index is 0.362. The third kappa shape index (κ3) is 4.16. The molecule has 2 atom stereocenters. The SMILES string of the molecule is C[C@H](Cc1ccc(Cl)cc1)NC[C@]1(O)CCSC1. The summed E-state index contributed by atoms with van der Waals surface area (Å²) in [5.74, 6) is 1.93. The van der Waals surface area contributed by atoms with Crippen molar-refractivity contribution in [3.05, 3.63) is 34.9 Å². The summed E-state index contributed by atoms with van der Waals surface area (Å²) >= 11 is 7.70. The first-order chi connectivity index (χ1) is 8.57. The van der Waals surface area contributed by atoms with E-state index >= 15 is 0 Å². The molecule has 1 heterocycles. The van der Waals surface area contributed by atoms with E-state index in [-0.39, 0.29) is 0 Å². The van der Waals surface area contributed by atoms with Crippen molar-refractivity contribution in [2.75, 3.05) is 18.1 Å². The number of thioether (sulfide) groups is 1. The fraction of sp³-hybridized carbons (Fsp3) is 0.571. The Morgan fingerprint density at radius 2 is 2.17 bits per heavy atom. The normalized spacial score (nSPS) is 25.3. The van der Waals surface area contributed by atoms with Gasteiger partial charge < -0.3 is 10.4 Å². The van der Waals surface area contributed by atoms with Gasteiger partial charge in [-0.2, -0.15) is 11.8 Å². The van der Waals surface area contributed by atoms with Crippen molar-refractivity contribution in [3.8, 4) is 0 Å². The third-order valence-electron chi connectivity index (χ3n) is 3.32. The molecule has 2 N–H and O–H groups in total. The Morgan fingerprint density at radius 1 is 1.44 bits per heavy atom. The van der Waals surface area contributed by atoms with Gasteiger partial charge in [0.25, 0.3) is 0 Å². The minimum atomic E-state index is -0.501. The first kappa shape index (κ1) is 14.2. The highest BCUT2D eigenvalue weighted by Gasteiger charge is 2.31. The van der Waals surface area contributed by atoms with Gasteiger partial charge in [-0.05, 0) is 43.2 Å². The van der Waals surface area contributed by atoms with E-state index in [1.165, 1.54) is 5.56 Å². The Labute approximate surface area is 118 Å². The molecule has 1 aliphatic heterocycles. The molecule has 0 spiro atoms. The van der Waals surface area contributed by atoms with E-state index in [0.717, 1.165) is 29.4 Å². The summed E-state index contributed by atoms with van der Waals surface area (Å²) in [4.78, 5) is 0. The molecule has 1 aliphatic rings. The minimum Gasteiger partial charge on any atom is -0.388 e. The van der Waals surface area contributed by atoms with Gasteiger partial charge in [0.05, 0.1) is 5.60 Å². The molecule has 2 rings (SSSR count). The monoisotopic (exact) mass is 285 g/mol. The summed E-state index contributed by atoms with van der Waals surface area (Å²) in [5.41, 5.74) is 0.769. The fourth-order valence-electron chi connectivity index (χ4n) is 2.15. The molecule has 0 aliphatic carbocycles. The van der Waals surface area contributed by atoms with Gasteiger partial charge in [-0.1, -0.05) is 23.7 Å². The van der Waals surface area contributed by atoms with Crippen LogP contribution >= 0.6 is 23.4 Å². The number of hydrogen-bond acceptors (Lipinski definition) is 3. The standard InChI is InChI=1S/C14H20ClNOS/c1-11(8-12-2-4-13(15)5-3-12)16-9-14(17)6-7-18-10-14/h2-5,11,16-17H,6-10H2,1H3/t11-,14-/m1/s1. The van der Waals surface area contributed by atoms with Crippen molar-refractivity contribution in [2.24, 2.45) is 0 Å². The highest BCUT2D eigenvalue weighted by atomic mass is 35.5. The molecule has 0 saturated carbocycles. The largest absolute Gasteiger partial charge is 0.388 e. The number of rotatable bonds is 5. The van der Waals surface area contributed by atoms with Crippen molar-refractivity contribution >= 4 is 23.4 Å². The van der Waals surface area contributed by atoms with Gasteiger partial charge in [0.2, 0.25) is 0 Å². The molecule has 1 saturated heterocycles. The van der Waals surface area contributed by atoms with E-state index in [1.54, 1.807) is 0 Å². The Balaban J connectivity index is 1.78. The van der Waals surface area contributed by atoms with Gasteiger partial charge in [-0.25, -0.2) is 0 Å². The van der Waals surface area contributed by atoms with Crippen LogP contribution in [-0.4, -0.2) is 34.8 Å². The maximum absolute atomic E-state index is 10.2. The lowest BCUT2D eigenvalue weighted by molar-refractivity contribution is 0.0651. The molecular formula is C14H20ClNOS. The van der Waals surface area contributed by atoms with Crippen molar-refractivity contribution in [2.45, 2.75) is 31.4 Å². The number of halogens is 1. The van der Waals surface area contributed by atoms with Crippen LogP contribution in [0, 0.1) is 0 Å². The predicted octanol–water partition coefficient (Wildman–Crippen LogP) is 2.73. The highest BCUT2D eigenvalue weighted by Crippen LogP contribution is 2.27. The van der Waals surface area contributed by atoms with Gasteiger partial charge >= 0.3 is 0 Å². The molecule has 1 aromatic rings. The molecule has 0 aromatic heterocycles. The van der Waals surface area contributed by atoms with Crippen LogP contribution in [0.3, 0.4) is 0 Å². The lowest BCUT2D eigenvalue weighted by atomic mass is 10.0. The van der Waals surface area contributed by atoms with Crippen LogP contribution < -0.4 is 5.32 Å². The zero-order valence-electron chi connectivity index (χ0n) is 10.7. The van der Waals surface area contributed by atoms with Gasteiger partial charge in [0.15, 0.2) is 0 Å². The Morgan fingerprint density at radius 3 is 2.78 bits per heavy atom. The molecule has 1 aromatic carbocycles. The van der Waals surface area contributed by atoms with E-state index in [4.69, 9.17) is 11.6 Å². The molecular weight excluding hydrogens is 266 g/mol. The smallest absolute Gasteiger partial charge is 0.0869 e. The summed E-state index contributed by atoms with van der Waals surface area (Å²) in [6.07, 6.45) is 1.86. The lowest BCUT2D eigenvalue weighted by Crippen LogP contribution is -2.44. The number of benzene rings is 1. The van der Waals surface area contributed by atoms with Gasteiger partial charge in [0.1, 0.15) is 0 Å². The van der Waals surface area contributed by atoms with E-state index < -0.39 is 5.60 Å². The van der Waals surface area contributed by atoms with Crippen LogP contribution in [-0.2, 0) is 6.42 Å². The van der Waals surface area contributed by atoms with Crippen molar-refractivity contribution in [3.63, 3.8) is 0 Å². The number of nitrogens with one attached hydrogen (secondary N) is 1. The molecule has 0 unspecified atom stereocenters. The second-order valence-electron chi connectivity index (χ2n) is 5.14. The Bertz CT molecular complexity index is 376. The molecule has 100 valence electrons. The molecule has 2 nitrogen and oxygen atoms in total. The molecule has 1 fully saturated rings. The fourth-order valence-corrected chi connectivity index (χ4v) is 3.57. The zero-order valence-corrected chi connectivity index (χ0v) is 12.2. The average Bonchev–Trinajstić information content (AvgIpc) is 2.78. The summed E-state index contributed by atoms with van der Waals surface area (Å²) in [7, 11) is 0. The third-order valence-corrected chi connectivity index (χ3v) is 4.80. The topological polar surface area (TPSA) is 32.3 Å². The van der Waals surface area contributed by atoms with Crippen molar-refractivity contribution in [1.29, 1.82) is 0 Å². The van der Waals surface area contributed by atoms with E-state index in [2.05, 4.69) is 24.4 Å². The van der Waals surface area contributed by atoms with E-state index in [9.17, 15) is 5.11 Å². The first-order valence-corrected chi connectivity index (χ1v) is 7.89.